The van der Waals surface area contributed by atoms with E-state index in [4.69, 9.17) is 10.5 Å². The van der Waals surface area contributed by atoms with E-state index in [0.717, 1.165) is 9.36 Å². The van der Waals surface area contributed by atoms with E-state index in [1.54, 1.807) is 6.92 Å². The molecular formula is C11H13F2N5O3. The molecule has 0 unspecified atom stereocenters. The van der Waals surface area contributed by atoms with Gasteiger partial charge in [-0.1, -0.05) is 6.92 Å². The van der Waals surface area contributed by atoms with Crippen molar-refractivity contribution in [3.05, 3.63) is 12.3 Å². The number of nitrogens with zero attached hydrogens (tertiary/aromatic N) is 4. The van der Waals surface area contributed by atoms with E-state index in [2.05, 4.69) is 14.9 Å². The van der Waals surface area contributed by atoms with Gasteiger partial charge in [-0.2, -0.15) is 18.6 Å². The number of carbonyl (C=O) groups excluding carboxylic acids is 1. The molecule has 114 valence electrons. The van der Waals surface area contributed by atoms with E-state index in [9.17, 15) is 13.6 Å². The van der Waals surface area contributed by atoms with Crippen LogP contribution in [0.4, 0.5) is 14.6 Å². The van der Waals surface area contributed by atoms with Crippen molar-refractivity contribution in [2.24, 2.45) is 7.05 Å². The number of rotatable bonds is 5. The molecule has 21 heavy (non-hydrogen) atoms. The predicted molar refractivity (Wildman–Crippen MR) is 67.3 cm³/mol. The molecule has 0 radical (unpaired) electrons. The first kappa shape index (κ1) is 14.8. The van der Waals surface area contributed by atoms with Crippen molar-refractivity contribution < 1.29 is 23.0 Å². The van der Waals surface area contributed by atoms with Gasteiger partial charge in [-0.3, -0.25) is 4.79 Å². The van der Waals surface area contributed by atoms with Gasteiger partial charge in [0, 0.05) is 19.5 Å². The van der Waals surface area contributed by atoms with Crippen LogP contribution in [0.2, 0.25) is 0 Å². The maximum Gasteiger partial charge on any atom is 0.388 e. The topological polar surface area (TPSA) is 97.2 Å². The summed E-state index contributed by atoms with van der Waals surface area (Å²) in [6, 6.07) is 1.24. The van der Waals surface area contributed by atoms with Crippen LogP contribution in [0.1, 0.15) is 13.3 Å². The number of halogens is 2. The summed E-state index contributed by atoms with van der Waals surface area (Å²) >= 11 is 0. The first-order valence-corrected chi connectivity index (χ1v) is 5.95. The summed E-state index contributed by atoms with van der Waals surface area (Å²) in [5.41, 5.74) is 5.78. The van der Waals surface area contributed by atoms with Crippen LogP contribution >= 0.6 is 0 Å². The van der Waals surface area contributed by atoms with Gasteiger partial charge in [0.15, 0.2) is 17.4 Å². The number of hydrogen-bond donors (Lipinski definition) is 1. The zero-order valence-electron chi connectivity index (χ0n) is 11.3. The molecule has 2 rings (SSSR count). The van der Waals surface area contributed by atoms with Crippen LogP contribution in [0.3, 0.4) is 0 Å². The van der Waals surface area contributed by atoms with Gasteiger partial charge in [-0.15, -0.1) is 5.10 Å². The Kier molecular flexibility index (Phi) is 4.05. The molecule has 8 nitrogen and oxygen atoms in total. The Labute approximate surface area is 118 Å². The summed E-state index contributed by atoms with van der Waals surface area (Å²) in [5, 5.41) is 7.85. The van der Waals surface area contributed by atoms with E-state index in [0.29, 0.717) is 0 Å². The van der Waals surface area contributed by atoms with Crippen LogP contribution in [0, 0.1) is 0 Å². The normalized spacial score (nSPS) is 10.9. The zero-order valence-corrected chi connectivity index (χ0v) is 11.3. The number of esters is 1. The molecule has 0 aliphatic carbocycles. The number of aryl methyl sites for hydroxylation is 1. The second-order valence-electron chi connectivity index (χ2n) is 3.98. The minimum Gasteiger partial charge on any atom is -0.421 e. The maximum absolute atomic E-state index is 12.2. The van der Waals surface area contributed by atoms with Gasteiger partial charge in [0.2, 0.25) is 5.88 Å². The fourth-order valence-corrected chi connectivity index (χ4v) is 1.54. The van der Waals surface area contributed by atoms with E-state index in [1.165, 1.54) is 19.3 Å². The third kappa shape index (κ3) is 3.09. The van der Waals surface area contributed by atoms with Gasteiger partial charge in [0.05, 0.1) is 6.20 Å². The standard InChI is InChI=1S/C11H13F2N5O3/c1-3-9(19)20-6-5-15-18(10(6)14)7-4-8(17(2)16-7)21-11(12)13/h4-5,11H,3,14H2,1-2H3. The third-order valence-corrected chi connectivity index (χ3v) is 2.53. The Morgan fingerprint density at radius 3 is 2.86 bits per heavy atom. The molecular weight excluding hydrogens is 288 g/mol. The summed E-state index contributed by atoms with van der Waals surface area (Å²) < 4.78 is 35.9. The molecule has 2 aromatic rings. The molecule has 0 bridgehead atoms. The number of carbonyl (C=O) groups is 1. The Balaban J connectivity index is 2.28. The van der Waals surface area contributed by atoms with Crippen LogP contribution < -0.4 is 15.2 Å². The highest BCUT2D eigenvalue weighted by atomic mass is 19.3. The van der Waals surface area contributed by atoms with Crippen LogP contribution in [-0.2, 0) is 11.8 Å². The van der Waals surface area contributed by atoms with Crippen molar-refractivity contribution in [2.45, 2.75) is 20.0 Å². The minimum absolute atomic E-state index is 0.0264. The summed E-state index contributed by atoms with van der Waals surface area (Å²) in [4.78, 5) is 11.2. The highest BCUT2D eigenvalue weighted by Gasteiger charge is 2.17. The second kappa shape index (κ2) is 5.77. The first-order chi connectivity index (χ1) is 9.92. The Morgan fingerprint density at radius 1 is 1.52 bits per heavy atom. The van der Waals surface area contributed by atoms with Crippen molar-refractivity contribution in [3.63, 3.8) is 0 Å². The lowest BCUT2D eigenvalue weighted by molar-refractivity contribution is -0.133. The van der Waals surface area contributed by atoms with E-state index in [-0.39, 0.29) is 29.7 Å². The molecule has 0 atom stereocenters. The number of nitrogens with two attached hydrogens (primary N) is 1. The monoisotopic (exact) mass is 301 g/mol. The zero-order chi connectivity index (χ0) is 15.6. The van der Waals surface area contributed by atoms with Crippen molar-refractivity contribution >= 4 is 11.8 Å². The molecule has 0 saturated heterocycles. The van der Waals surface area contributed by atoms with E-state index >= 15 is 0 Å². The fourth-order valence-electron chi connectivity index (χ4n) is 1.54. The highest BCUT2D eigenvalue weighted by Crippen LogP contribution is 2.25. The van der Waals surface area contributed by atoms with Crippen LogP contribution in [-0.4, -0.2) is 32.1 Å². The number of aromatic nitrogens is 4. The van der Waals surface area contributed by atoms with Gasteiger partial charge in [0.25, 0.3) is 0 Å². The van der Waals surface area contributed by atoms with Crippen molar-refractivity contribution in [1.29, 1.82) is 0 Å². The average Bonchev–Trinajstić information content (AvgIpc) is 2.94. The van der Waals surface area contributed by atoms with Gasteiger partial charge in [-0.25, -0.2) is 4.68 Å². The fraction of sp³-hybridized carbons (Fsp3) is 0.364. The molecule has 0 spiro atoms. The lowest BCUT2D eigenvalue weighted by Gasteiger charge is -2.02. The molecule has 10 heteroatoms. The molecule has 0 amide bonds. The molecule has 0 fully saturated rings. The lowest BCUT2D eigenvalue weighted by atomic mass is 10.5. The van der Waals surface area contributed by atoms with Crippen molar-refractivity contribution in [1.82, 2.24) is 19.6 Å². The third-order valence-electron chi connectivity index (χ3n) is 2.53. The lowest BCUT2D eigenvalue weighted by Crippen LogP contribution is -2.08. The molecule has 2 aromatic heterocycles. The molecule has 0 saturated carbocycles. The van der Waals surface area contributed by atoms with Crippen molar-refractivity contribution in [2.75, 3.05) is 5.73 Å². The van der Waals surface area contributed by atoms with Gasteiger partial charge >= 0.3 is 12.6 Å². The predicted octanol–water partition coefficient (Wildman–Crippen LogP) is 1.10. The summed E-state index contributed by atoms with van der Waals surface area (Å²) in [7, 11) is 1.43. The second-order valence-corrected chi connectivity index (χ2v) is 3.98. The molecule has 2 N–H and O–H groups in total. The average molecular weight is 301 g/mol. The Bertz CT molecular complexity index is 652. The van der Waals surface area contributed by atoms with Crippen LogP contribution in [0.25, 0.3) is 5.82 Å². The molecule has 0 aliphatic rings. The SMILES string of the molecule is CCC(=O)Oc1cnn(-c2cc(OC(F)F)n(C)n2)c1N. The highest BCUT2D eigenvalue weighted by molar-refractivity contribution is 5.73. The number of alkyl halides is 2. The number of anilines is 1. The van der Waals surface area contributed by atoms with E-state index in [1.807, 2.05) is 0 Å². The van der Waals surface area contributed by atoms with Gasteiger partial charge in [0.1, 0.15) is 0 Å². The summed E-state index contributed by atoms with van der Waals surface area (Å²) in [5.74, 6) is -0.363. The largest absolute Gasteiger partial charge is 0.421 e. The number of nitrogen functional groups attached to an aromatic ring is 1. The summed E-state index contributed by atoms with van der Waals surface area (Å²) in [6.07, 6.45) is 1.42. The summed E-state index contributed by atoms with van der Waals surface area (Å²) in [6.45, 7) is -1.33. The Morgan fingerprint density at radius 2 is 2.24 bits per heavy atom. The van der Waals surface area contributed by atoms with E-state index < -0.39 is 12.6 Å². The Hall–Kier alpha value is -2.65. The number of hydrogen-bond acceptors (Lipinski definition) is 6. The molecule has 2 heterocycles. The minimum atomic E-state index is -2.97. The van der Waals surface area contributed by atoms with Crippen molar-refractivity contribution in [3.8, 4) is 17.4 Å². The number of ether oxygens (including phenoxy) is 2. The first-order valence-electron chi connectivity index (χ1n) is 5.95. The smallest absolute Gasteiger partial charge is 0.388 e. The molecule has 0 aliphatic heterocycles. The maximum atomic E-state index is 12.2. The quantitative estimate of drug-likeness (QED) is 0.831. The van der Waals surface area contributed by atoms with Gasteiger partial charge < -0.3 is 15.2 Å². The van der Waals surface area contributed by atoms with Gasteiger partial charge in [-0.05, 0) is 0 Å². The van der Waals surface area contributed by atoms with Crippen LogP contribution in [0.5, 0.6) is 11.6 Å². The van der Waals surface area contributed by atoms with Crippen LogP contribution in [0.15, 0.2) is 12.3 Å². The molecule has 0 aromatic carbocycles.